The summed E-state index contributed by atoms with van der Waals surface area (Å²) >= 11 is 1.69. The first-order chi connectivity index (χ1) is 11.1. The molecule has 0 aliphatic rings. The largest absolute Gasteiger partial charge is 0.379 e. The lowest BCUT2D eigenvalue weighted by molar-refractivity contribution is 1.04. The van der Waals surface area contributed by atoms with Crippen molar-refractivity contribution in [1.29, 1.82) is 5.26 Å². The van der Waals surface area contributed by atoms with Crippen molar-refractivity contribution in [2.45, 2.75) is 13.8 Å². The highest BCUT2D eigenvalue weighted by atomic mass is 32.1. The van der Waals surface area contributed by atoms with Crippen LogP contribution < -0.4 is 5.32 Å². The van der Waals surface area contributed by atoms with Gasteiger partial charge in [-0.1, -0.05) is 24.3 Å². The minimum absolute atomic E-state index is 0.605. The Balaban J connectivity index is 0.00000127. The topological polar surface area (TPSA) is 35.8 Å². The number of rotatable bonds is 4. The van der Waals surface area contributed by atoms with E-state index in [1.165, 1.54) is 11.1 Å². The van der Waals surface area contributed by atoms with Gasteiger partial charge in [0.2, 0.25) is 0 Å². The number of hydrogen-bond acceptors (Lipinski definition) is 3. The number of terminal acetylenes is 1. The Kier molecular flexibility index (Phi) is 7.40. The van der Waals surface area contributed by atoms with Crippen molar-refractivity contribution in [3.8, 4) is 18.9 Å². The Bertz CT molecular complexity index is 757. The first-order valence-corrected chi connectivity index (χ1v) is 8.02. The maximum absolute atomic E-state index is 9.14. The molecule has 0 saturated heterocycles. The monoisotopic (exact) mass is 320 g/mol. The van der Waals surface area contributed by atoms with Crippen molar-refractivity contribution in [2.75, 3.05) is 7.05 Å². The molecule has 0 aliphatic carbocycles. The van der Waals surface area contributed by atoms with E-state index in [0.29, 0.717) is 5.70 Å². The van der Waals surface area contributed by atoms with Gasteiger partial charge in [-0.3, -0.25) is 0 Å². The molecule has 0 saturated carbocycles. The first kappa shape index (κ1) is 18.3. The normalized spacial score (nSPS) is 11.1. The molecular formula is C20H20N2S. The lowest BCUT2D eigenvalue weighted by atomic mass is 9.99. The fourth-order valence-corrected chi connectivity index (χ4v) is 2.79. The van der Waals surface area contributed by atoms with Gasteiger partial charge in [0.25, 0.3) is 0 Å². The van der Waals surface area contributed by atoms with Crippen molar-refractivity contribution in [1.82, 2.24) is 5.32 Å². The molecule has 2 rings (SSSR count). The highest BCUT2D eigenvalue weighted by molar-refractivity contribution is 7.08. The van der Waals surface area contributed by atoms with Crippen LogP contribution in [0.25, 0.3) is 17.7 Å². The van der Waals surface area contributed by atoms with Gasteiger partial charge in [0.05, 0.1) is 0 Å². The molecule has 0 aliphatic heterocycles. The molecule has 1 N–H and O–H groups in total. The number of hydrogen-bond donors (Lipinski definition) is 1. The lowest BCUT2D eigenvalue weighted by Crippen LogP contribution is -2.05. The Morgan fingerprint density at radius 1 is 1.22 bits per heavy atom. The SMILES string of the molecule is C#C.CN/C(C#N)=C(\C)c1cc(C)cc(/C=C/c2ccsc2)c1. The number of nitrogens with zero attached hydrogens (tertiary/aromatic N) is 1. The highest BCUT2D eigenvalue weighted by Crippen LogP contribution is 2.21. The number of benzene rings is 1. The number of allylic oxidation sites excluding steroid dienone is 2. The lowest BCUT2D eigenvalue weighted by Gasteiger charge is -2.08. The third-order valence-corrected chi connectivity index (χ3v) is 3.98. The fraction of sp³-hybridized carbons (Fsp3) is 0.150. The van der Waals surface area contributed by atoms with Crippen LogP contribution in [0.2, 0.25) is 0 Å². The summed E-state index contributed by atoms with van der Waals surface area (Å²) in [6, 6.07) is 10.6. The van der Waals surface area contributed by atoms with E-state index < -0.39 is 0 Å². The molecule has 0 spiro atoms. The van der Waals surface area contributed by atoms with Crippen LogP contribution >= 0.6 is 11.3 Å². The molecule has 0 amide bonds. The number of aryl methyl sites for hydroxylation is 1. The second-order valence-corrected chi connectivity index (χ2v) is 5.66. The molecule has 23 heavy (non-hydrogen) atoms. The van der Waals surface area contributed by atoms with Crippen LogP contribution in [-0.4, -0.2) is 7.05 Å². The molecule has 116 valence electrons. The number of nitriles is 1. The van der Waals surface area contributed by atoms with Crippen molar-refractivity contribution in [3.05, 3.63) is 63.0 Å². The molecule has 0 bridgehead atoms. The maximum Gasteiger partial charge on any atom is 0.117 e. The zero-order chi connectivity index (χ0) is 17.2. The van der Waals surface area contributed by atoms with Crippen LogP contribution in [0.4, 0.5) is 0 Å². The molecule has 2 aromatic rings. The van der Waals surface area contributed by atoms with Gasteiger partial charge in [-0.15, -0.1) is 12.8 Å². The van der Waals surface area contributed by atoms with Crippen LogP contribution in [0.5, 0.6) is 0 Å². The molecule has 0 fully saturated rings. The number of thiophene rings is 1. The summed E-state index contributed by atoms with van der Waals surface area (Å²) in [5.74, 6) is 0. The van der Waals surface area contributed by atoms with Crippen molar-refractivity contribution in [3.63, 3.8) is 0 Å². The van der Waals surface area contributed by atoms with E-state index in [1.807, 2.05) is 6.92 Å². The summed E-state index contributed by atoms with van der Waals surface area (Å²) in [5.41, 5.74) is 6.19. The second-order valence-electron chi connectivity index (χ2n) is 4.88. The van der Waals surface area contributed by atoms with E-state index >= 15 is 0 Å². The van der Waals surface area contributed by atoms with Gasteiger partial charge in [-0.05, 0) is 64.6 Å². The summed E-state index contributed by atoms with van der Waals surface area (Å²) < 4.78 is 0. The molecular weight excluding hydrogens is 300 g/mol. The summed E-state index contributed by atoms with van der Waals surface area (Å²) in [7, 11) is 1.77. The minimum Gasteiger partial charge on any atom is -0.379 e. The molecule has 1 aromatic carbocycles. The predicted molar refractivity (Wildman–Crippen MR) is 102 cm³/mol. The van der Waals surface area contributed by atoms with E-state index in [2.05, 4.69) is 78.3 Å². The first-order valence-electron chi connectivity index (χ1n) is 7.08. The van der Waals surface area contributed by atoms with Crippen LogP contribution in [0.3, 0.4) is 0 Å². The third-order valence-electron chi connectivity index (χ3n) is 3.28. The van der Waals surface area contributed by atoms with Crippen molar-refractivity contribution >= 4 is 29.1 Å². The Morgan fingerprint density at radius 3 is 2.48 bits per heavy atom. The maximum atomic E-state index is 9.14. The molecule has 1 heterocycles. The molecule has 2 nitrogen and oxygen atoms in total. The summed E-state index contributed by atoms with van der Waals surface area (Å²) in [5, 5.41) is 16.3. The van der Waals surface area contributed by atoms with E-state index in [9.17, 15) is 0 Å². The average molecular weight is 320 g/mol. The zero-order valence-electron chi connectivity index (χ0n) is 13.6. The van der Waals surface area contributed by atoms with Gasteiger partial charge in [-0.25, -0.2) is 0 Å². The van der Waals surface area contributed by atoms with Gasteiger partial charge in [-0.2, -0.15) is 16.6 Å². The van der Waals surface area contributed by atoms with E-state index in [4.69, 9.17) is 5.26 Å². The quantitative estimate of drug-likeness (QED) is 0.639. The van der Waals surface area contributed by atoms with Crippen molar-refractivity contribution in [2.24, 2.45) is 0 Å². The minimum atomic E-state index is 0.605. The average Bonchev–Trinajstić information content (AvgIpc) is 3.09. The predicted octanol–water partition coefficient (Wildman–Crippen LogP) is 4.95. The smallest absolute Gasteiger partial charge is 0.117 e. The van der Waals surface area contributed by atoms with E-state index in [1.54, 1.807) is 18.4 Å². The molecule has 3 heteroatoms. The molecule has 0 atom stereocenters. The van der Waals surface area contributed by atoms with Gasteiger partial charge in [0.1, 0.15) is 11.8 Å². The Labute approximate surface area is 142 Å². The number of nitrogens with one attached hydrogen (secondary N) is 1. The second kappa shape index (κ2) is 9.30. The summed E-state index contributed by atoms with van der Waals surface area (Å²) in [6.07, 6.45) is 12.2. The van der Waals surface area contributed by atoms with Crippen LogP contribution in [0.1, 0.15) is 29.2 Å². The van der Waals surface area contributed by atoms with Gasteiger partial charge in [0.15, 0.2) is 0 Å². The molecule has 0 radical (unpaired) electrons. The third kappa shape index (κ3) is 5.18. The van der Waals surface area contributed by atoms with Gasteiger partial charge < -0.3 is 5.32 Å². The molecule has 0 unspecified atom stereocenters. The fourth-order valence-electron chi connectivity index (χ4n) is 2.16. The molecule has 1 aromatic heterocycles. The van der Waals surface area contributed by atoms with Crippen LogP contribution in [-0.2, 0) is 0 Å². The Morgan fingerprint density at radius 2 is 1.91 bits per heavy atom. The standard InChI is InChI=1S/C18H18N2S.C2H2/c1-13-8-16(5-4-15-6-7-21-12-15)10-17(9-13)14(2)18(11-19)20-3;1-2/h4-10,12,20H,1-3H3;1-2H/b5-4+,18-14+;. The zero-order valence-corrected chi connectivity index (χ0v) is 14.4. The van der Waals surface area contributed by atoms with E-state index in [0.717, 1.165) is 16.7 Å². The summed E-state index contributed by atoms with van der Waals surface area (Å²) in [4.78, 5) is 0. The van der Waals surface area contributed by atoms with Crippen LogP contribution in [0.15, 0.2) is 40.7 Å². The van der Waals surface area contributed by atoms with Gasteiger partial charge >= 0.3 is 0 Å². The summed E-state index contributed by atoms with van der Waals surface area (Å²) in [6.45, 7) is 4.04. The van der Waals surface area contributed by atoms with Crippen molar-refractivity contribution < 1.29 is 0 Å². The van der Waals surface area contributed by atoms with Crippen LogP contribution in [0, 0.1) is 31.1 Å². The highest BCUT2D eigenvalue weighted by Gasteiger charge is 2.04. The van der Waals surface area contributed by atoms with Gasteiger partial charge in [0, 0.05) is 7.05 Å². The van der Waals surface area contributed by atoms with E-state index in [-0.39, 0.29) is 0 Å². The Hall–Kier alpha value is -2.75.